The summed E-state index contributed by atoms with van der Waals surface area (Å²) in [7, 11) is 0. The Kier molecular flexibility index (Phi) is 8.21. The van der Waals surface area contributed by atoms with Crippen LogP contribution in [0.3, 0.4) is 0 Å². The number of aliphatic hydroxyl groups excluding tert-OH is 1. The molecule has 27 heavy (non-hydrogen) atoms. The van der Waals surface area contributed by atoms with Crippen molar-refractivity contribution >= 4 is 17.7 Å². The van der Waals surface area contributed by atoms with Crippen molar-refractivity contribution in [3.8, 4) is 0 Å². The Morgan fingerprint density at radius 2 is 2.04 bits per heavy atom. The lowest BCUT2D eigenvalue weighted by Crippen LogP contribution is -2.52. The van der Waals surface area contributed by atoms with Gasteiger partial charge in [-0.1, -0.05) is 20.8 Å². The van der Waals surface area contributed by atoms with Crippen molar-refractivity contribution in [1.29, 1.82) is 0 Å². The molecule has 0 radical (unpaired) electrons. The summed E-state index contributed by atoms with van der Waals surface area (Å²) in [6.07, 6.45) is 3.95. The standard InChI is InChI=1S/C20H34N2O4S/c1-5-27-18-17(19(24)25)15(2)13-16(21-9-11-26-12-10-21)22(18)8-6-7-20(3,4)14-23/h13,16,23H,5-12,14H2,1-4H3,(H,24,25). The van der Waals surface area contributed by atoms with Gasteiger partial charge in [-0.2, -0.15) is 0 Å². The third-order valence-corrected chi connectivity index (χ3v) is 6.18. The lowest BCUT2D eigenvalue weighted by molar-refractivity contribution is -0.132. The summed E-state index contributed by atoms with van der Waals surface area (Å²) in [5.74, 6) is -0.0331. The zero-order valence-electron chi connectivity index (χ0n) is 17.0. The van der Waals surface area contributed by atoms with Crippen LogP contribution in [0.1, 0.15) is 40.5 Å². The van der Waals surface area contributed by atoms with Crippen molar-refractivity contribution in [3.63, 3.8) is 0 Å². The van der Waals surface area contributed by atoms with E-state index in [1.807, 2.05) is 6.92 Å². The van der Waals surface area contributed by atoms with Crippen LogP contribution in [-0.4, -0.2) is 77.4 Å². The molecule has 0 bridgehead atoms. The van der Waals surface area contributed by atoms with E-state index < -0.39 is 5.97 Å². The molecule has 2 N–H and O–H groups in total. The van der Waals surface area contributed by atoms with Gasteiger partial charge in [0.05, 0.1) is 23.8 Å². The van der Waals surface area contributed by atoms with E-state index in [1.165, 1.54) is 0 Å². The van der Waals surface area contributed by atoms with E-state index >= 15 is 0 Å². The molecule has 0 aliphatic carbocycles. The zero-order valence-corrected chi connectivity index (χ0v) is 17.8. The van der Waals surface area contributed by atoms with Crippen LogP contribution >= 0.6 is 11.8 Å². The normalized spacial score (nSPS) is 22.2. The lowest BCUT2D eigenvalue weighted by Gasteiger charge is -2.45. The number of thioether (sulfide) groups is 1. The summed E-state index contributed by atoms with van der Waals surface area (Å²) < 4.78 is 5.51. The number of aliphatic hydroxyl groups is 1. The minimum atomic E-state index is -0.860. The molecule has 0 aromatic rings. The number of nitrogens with zero attached hydrogens (tertiary/aromatic N) is 2. The Morgan fingerprint density at radius 1 is 1.37 bits per heavy atom. The average molecular weight is 399 g/mol. The van der Waals surface area contributed by atoms with E-state index in [1.54, 1.807) is 11.8 Å². The number of hydrogen-bond acceptors (Lipinski definition) is 6. The van der Waals surface area contributed by atoms with E-state index in [0.29, 0.717) is 18.8 Å². The monoisotopic (exact) mass is 398 g/mol. The highest BCUT2D eigenvalue weighted by Crippen LogP contribution is 2.36. The number of hydrogen-bond donors (Lipinski definition) is 2. The van der Waals surface area contributed by atoms with Crippen LogP contribution in [0, 0.1) is 5.41 Å². The first-order chi connectivity index (χ1) is 12.8. The summed E-state index contributed by atoms with van der Waals surface area (Å²) >= 11 is 1.61. The van der Waals surface area contributed by atoms with E-state index in [-0.39, 0.29) is 18.2 Å². The molecule has 154 valence electrons. The zero-order chi connectivity index (χ0) is 20.0. The second-order valence-electron chi connectivity index (χ2n) is 7.95. The van der Waals surface area contributed by atoms with Crippen LogP contribution in [0.15, 0.2) is 22.3 Å². The number of rotatable bonds is 9. The Hall–Kier alpha value is -1.02. The molecule has 1 fully saturated rings. The van der Waals surface area contributed by atoms with Crippen LogP contribution in [0.25, 0.3) is 0 Å². The summed E-state index contributed by atoms with van der Waals surface area (Å²) in [6, 6.07) is 0. The van der Waals surface area contributed by atoms with E-state index in [2.05, 4.69) is 36.6 Å². The highest BCUT2D eigenvalue weighted by atomic mass is 32.2. The first-order valence-electron chi connectivity index (χ1n) is 9.79. The van der Waals surface area contributed by atoms with Gasteiger partial charge in [0.25, 0.3) is 0 Å². The van der Waals surface area contributed by atoms with E-state index in [9.17, 15) is 15.0 Å². The van der Waals surface area contributed by atoms with Crippen molar-refractivity contribution in [2.24, 2.45) is 5.41 Å². The predicted molar refractivity (Wildman–Crippen MR) is 110 cm³/mol. The number of carboxylic acid groups (broad SMARTS) is 1. The first-order valence-corrected chi connectivity index (χ1v) is 10.8. The van der Waals surface area contributed by atoms with Crippen LogP contribution in [0.4, 0.5) is 0 Å². The largest absolute Gasteiger partial charge is 0.478 e. The molecule has 1 atom stereocenters. The Balaban J connectivity index is 2.30. The molecule has 1 unspecified atom stereocenters. The molecular weight excluding hydrogens is 364 g/mol. The van der Waals surface area contributed by atoms with E-state index in [0.717, 1.165) is 48.8 Å². The maximum absolute atomic E-state index is 12.0. The molecule has 0 aromatic heterocycles. The van der Waals surface area contributed by atoms with E-state index in [4.69, 9.17) is 4.74 Å². The average Bonchev–Trinajstić information content (AvgIpc) is 2.63. The molecule has 1 saturated heterocycles. The third-order valence-electron chi connectivity index (χ3n) is 5.18. The topological polar surface area (TPSA) is 73.2 Å². The highest BCUT2D eigenvalue weighted by molar-refractivity contribution is 8.03. The van der Waals surface area contributed by atoms with Gasteiger partial charge in [-0.05, 0) is 42.6 Å². The van der Waals surface area contributed by atoms with Gasteiger partial charge in [0.15, 0.2) is 0 Å². The quantitative estimate of drug-likeness (QED) is 0.619. The van der Waals surface area contributed by atoms with Crippen molar-refractivity contribution < 1.29 is 19.7 Å². The number of carbonyl (C=O) groups is 1. The van der Waals surface area contributed by atoms with Gasteiger partial charge in [-0.3, -0.25) is 4.90 Å². The van der Waals surface area contributed by atoms with Gasteiger partial charge in [0.2, 0.25) is 0 Å². The minimum Gasteiger partial charge on any atom is -0.478 e. The minimum absolute atomic E-state index is 0.0586. The van der Waals surface area contributed by atoms with Gasteiger partial charge in [-0.25, -0.2) is 4.79 Å². The van der Waals surface area contributed by atoms with Crippen LogP contribution < -0.4 is 0 Å². The van der Waals surface area contributed by atoms with Gasteiger partial charge in [-0.15, -0.1) is 11.8 Å². The van der Waals surface area contributed by atoms with Gasteiger partial charge in [0, 0.05) is 26.2 Å². The third kappa shape index (κ3) is 5.73. The molecule has 0 aromatic carbocycles. The molecule has 2 heterocycles. The van der Waals surface area contributed by atoms with Crippen molar-refractivity contribution in [2.75, 3.05) is 45.2 Å². The Morgan fingerprint density at radius 3 is 2.59 bits per heavy atom. The number of morpholine rings is 1. The molecular formula is C20H34N2O4S. The molecule has 6 nitrogen and oxygen atoms in total. The second kappa shape index (κ2) is 9.96. The Bertz CT molecular complexity index is 583. The van der Waals surface area contributed by atoms with Crippen LogP contribution in [-0.2, 0) is 9.53 Å². The molecule has 2 rings (SSSR count). The smallest absolute Gasteiger partial charge is 0.338 e. The summed E-state index contributed by atoms with van der Waals surface area (Å²) in [5, 5.41) is 20.2. The maximum Gasteiger partial charge on any atom is 0.338 e. The summed E-state index contributed by atoms with van der Waals surface area (Å²) in [6.45, 7) is 12.1. The predicted octanol–water partition coefficient (Wildman–Crippen LogP) is 2.75. The molecule has 2 aliphatic rings. The highest BCUT2D eigenvalue weighted by Gasteiger charge is 2.34. The van der Waals surface area contributed by atoms with Gasteiger partial charge in [0.1, 0.15) is 6.17 Å². The maximum atomic E-state index is 12.0. The lowest BCUT2D eigenvalue weighted by atomic mass is 9.89. The molecule has 0 saturated carbocycles. The summed E-state index contributed by atoms with van der Waals surface area (Å²) in [4.78, 5) is 16.6. The molecule has 0 amide bonds. The first kappa shape index (κ1) is 22.3. The molecule has 0 spiro atoms. The second-order valence-corrected chi connectivity index (χ2v) is 9.20. The van der Waals surface area contributed by atoms with Crippen molar-refractivity contribution in [2.45, 2.75) is 46.7 Å². The van der Waals surface area contributed by atoms with Gasteiger partial charge < -0.3 is 19.8 Å². The fourth-order valence-corrected chi connectivity index (χ4v) is 4.60. The fourth-order valence-electron chi connectivity index (χ4n) is 3.57. The molecule has 7 heteroatoms. The summed E-state index contributed by atoms with van der Waals surface area (Å²) in [5.41, 5.74) is 1.14. The van der Waals surface area contributed by atoms with Crippen molar-refractivity contribution in [1.82, 2.24) is 9.80 Å². The van der Waals surface area contributed by atoms with Crippen LogP contribution in [0.2, 0.25) is 0 Å². The number of ether oxygens (including phenoxy) is 1. The van der Waals surface area contributed by atoms with Gasteiger partial charge >= 0.3 is 5.97 Å². The number of carboxylic acids is 1. The van der Waals surface area contributed by atoms with Crippen LogP contribution in [0.5, 0.6) is 0 Å². The number of aliphatic carboxylic acids is 1. The SMILES string of the molecule is CCSC1=C(C(=O)O)C(C)=CC(N2CCOCC2)N1CCCC(C)(C)CO. The van der Waals surface area contributed by atoms with Crippen molar-refractivity contribution in [3.05, 3.63) is 22.3 Å². The Labute approximate surface area is 167 Å². The molecule has 2 aliphatic heterocycles. The fraction of sp³-hybridized carbons (Fsp3) is 0.750.